The van der Waals surface area contributed by atoms with Crippen molar-refractivity contribution in [2.24, 2.45) is 5.92 Å². The second-order valence-corrected chi connectivity index (χ2v) is 6.17. The minimum atomic E-state index is 0.188. The number of nitrogens with zero attached hydrogens (tertiary/aromatic N) is 2. The molecule has 0 bridgehead atoms. The molecule has 0 saturated carbocycles. The van der Waals surface area contributed by atoms with Crippen LogP contribution in [0.3, 0.4) is 0 Å². The SMILES string of the molecule is Cc1ncn(C(C)C(C)CNC(C)(C)C)c1C. The van der Waals surface area contributed by atoms with Gasteiger partial charge in [-0.1, -0.05) is 6.92 Å². The lowest BCUT2D eigenvalue weighted by Gasteiger charge is -2.28. The van der Waals surface area contributed by atoms with Crippen LogP contribution in [-0.2, 0) is 0 Å². The summed E-state index contributed by atoms with van der Waals surface area (Å²) in [4.78, 5) is 4.37. The topological polar surface area (TPSA) is 29.9 Å². The van der Waals surface area contributed by atoms with Crippen molar-refractivity contribution in [2.75, 3.05) is 6.54 Å². The van der Waals surface area contributed by atoms with Crippen LogP contribution in [0.25, 0.3) is 0 Å². The Morgan fingerprint density at radius 2 is 1.88 bits per heavy atom. The Morgan fingerprint density at radius 1 is 1.29 bits per heavy atom. The second-order valence-electron chi connectivity index (χ2n) is 6.17. The number of rotatable bonds is 4. The monoisotopic (exact) mass is 237 g/mol. The summed E-state index contributed by atoms with van der Waals surface area (Å²) in [6.45, 7) is 16.4. The summed E-state index contributed by atoms with van der Waals surface area (Å²) >= 11 is 0. The van der Waals surface area contributed by atoms with E-state index in [1.807, 2.05) is 6.33 Å². The lowest BCUT2D eigenvalue weighted by molar-refractivity contribution is 0.314. The number of hydrogen-bond acceptors (Lipinski definition) is 2. The van der Waals surface area contributed by atoms with Crippen LogP contribution in [0.1, 0.15) is 52.0 Å². The van der Waals surface area contributed by atoms with Gasteiger partial charge in [0, 0.05) is 23.8 Å². The van der Waals surface area contributed by atoms with Gasteiger partial charge in [-0.3, -0.25) is 0 Å². The summed E-state index contributed by atoms with van der Waals surface area (Å²) in [6.07, 6.45) is 1.96. The summed E-state index contributed by atoms with van der Waals surface area (Å²) in [5.41, 5.74) is 2.60. The average molecular weight is 237 g/mol. The minimum absolute atomic E-state index is 0.188. The van der Waals surface area contributed by atoms with Gasteiger partial charge < -0.3 is 9.88 Å². The number of imidazole rings is 1. The Balaban J connectivity index is 2.64. The van der Waals surface area contributed by atoms with Gasteiger partial charge in [-0.05, 0) is 47.5 Å². The van der Waals surface area contributed by atoms with Gasteiger partial charge in [0.2, 0.25) is 0 Å². The van der Waals surface area contributed by atoms with Crippen molar-refractivity contribution in [3.05, 3.63) is 17.7 Å². The van der Waals surface area contributed by atoms with Gasteiger partial charge in [-0.25, -0.2) is 4.98 Å². The van der Waals surface area contributed by atoms with Gasteiger partial charge in [0.1, 0.15) is 0 Å². The lowest BCUT2D eigenvalue weighted by Crippen LogP contribution is -2.40. The summed E-state index contributed by atoms with van der Waals surface area (Å²) in [5.74, 6) is 0.585. The van der Waals surface area contributed by atoms with E-state index in [0.29, 0.717) is 12.0 Å². The van der Waals surface area contributed by atoms with E-state index >= 15 is 0 Å². The van der Waals surface area contributed by atoms with Gasteiger partial charge in [-0.15, -0.1) is 0 Å². The third kappa shape index (κ3) is 3.84. The number of aromatic nitrogens is 2. The third-order valence-corrected chi connectivity index (χ3v) is 3.50. The molecule has 0 amide bonds. The quantitative estimate of drug-likeness (QED) is 0.872. The molecule has 98 valence electrons. The first-order chi connectivity index (χ1) is 7.72. The largest absolute Gasteiger partial charge is 0.332 e. The van der Waals surface area contributed by atoms with Crippen molar-refractivity contribution in [1.29, 1.82) is 0 Å². The zero-order valence-corrected chi connectivity index (χ0v) is 12.3. The van der Waals surface area contributed by atoms with E-state index in [0.717, 1.165) is 12.2 Å². The van der Waals surface area contributed by atoms with Gasteiger partial charge >= 0.3 is 0 Å². The van der Waals surface area contributed by atoms with Gasteiger partial charge in [0.15, 0.2) is 0 Å². The van der Waals surface area contributed by atoms with Crippen LogP contribution in [0.15, 0.2) is 6.33 Å². The molecule has 0 spiro atoms. The normalized spacial score (nSPS) is 15.9. The Bertz CT molecular complexity index is 360. The summed E-state index contributed by atoms with van der Waals surface area (Å²) < 4.78 is 2.28. The fourth-order valence-electron chi connectivity index (χ4n) is 1.84. The fraction of sp³-hybridized carbons (Fsp3) is 0.786. The molecule has 2 unspecified atom stereocenters. The zero-order chi connectivity index (χ0) is 13.2. The first kappa shape index (κ1) is 14.2. The Labute approximate surface area is 106 Å². The number of aryl methyl sites for hydroxylation is 1. The molecule has 3 nitrogen and oxygen atoms in total. The highest BCUT2D eigenvalue weighted by Gasteiger charge is 2.18. The van der Waals surface area contributed by atoms with E-state index in [2.05, 4.69) is 63.3 Å². The third-order valence-electron chi connectivity index (χ3n) is 3.50. The maximum atomic E-state index is 4.37. The van der Waals surface area contributed by atoms with Gasteiger partial charge in [0.25, 0.3) is 0 Å². The number of hydrogen-bond donors (Lipinski definition) is 1. The van der Waals surface area contributed by atoms with Crippen molar-refractivity contribution in [2.45, 2.75) is 60.0 Å². The highest BCUT2D eigenvalue weighted by molar-refractivity contribution is 5.09. The highest BCUT2D eigenvalue weighted by atomic mass is 15.1. The highest BCUT2D eigenvalue weighted by Crippen LogP contribution is 2.20. The minimum Gasteiger partial charge on any atom is -0.332 e. The summed E-state index contributed by atoms with van der Waals surface area (Å²) in [6, 6.07) is 0.478. The Hall–Kier alpha value is -0.830. The molecule has 0 aliphatic heterocycles. The smallest absolute Gasteiger partial charge is 0.0954 e. The van der Waals surface area contributed by atoms with Crippen molar-refractivity contribution in [1.82, 2.24) is 14.9 Å². The van der Waals surface area contributed by atoms with Crippen LogP contribution in [0.4, 0.5) is 0 Å². The maximum Gasteiger partial charge on any atom is 0.0954 e. The predicted octanol–water partition coefficient (Wildman–Crippen LogP) is 3.09. The lowest BCUT2D eigenvalue weighted by atomic mass is 10.0. The summed E-state index contributed by atoms with van der Waals surface area (Å²) in [5, 5.41) is 3.56. The van der Waals surface area contributed by atoms with Crippen LogP contribution >= 0.6 is 0 Å². The van der Waals surface area contributed by atoms with Crippen molar-refractivity contribution in [3.63, 3.8) is 0 Å². The molecule has 1 aromatic heterocycles. The molecule has 0 aliphatic rings. The Morgan fingerprint density at radius 3 is 2.29 bits per heavy atom. The molecular formula is C14H27N3. The predicted molar refractivity (Wildman–Crippen MR) is 73.3 cm³/mol. The molecule has 1 rings (SSSR count). The first-order valence-electron chi connectivity index (χ1n) is 6.47. The number of nitrogens with one attached hydrogen (secondary N) is 1. The molecule has 1 N–H and O–H groups in total. The average Bonchev–Trinajstić information content (AvgIpc) is 2.54. The van der Waals surface area contributed by atoms with Crippen LogP contribution < -0.4 is 5.32 Å². The van der Waals surface area contributed by atoms with Crippen LogP contribution in [-0.4, -0.2) is 21.6 Å². The van der Waals surface area contributed by atoms with E-state index < -0.39 is 0 Å². The Kier molecular flexibility index (Phi) is 4.36. The van der Waals surface area contributed by atoms with E-state index in [1.54, 1.807) is 0 Å². The molecule has 2 atom stereocenters. The first-order valence-corrected chi connectivity index (χ1v) is 6.47. The van der Waals surface area contributed by atoms with Crippen LogP contribution in [0.5, 0.6) is 0 Å². The maximum absolute atomic E-state index is 4.37. The van der Waals surface area contributed by atoms with Crippen molar-refractivity contribution >= 4 is 0 Å². The van der Waals surface area contributed by atoms with E-state index in [9.17, 15) is 0 Å². The second kappa shape index (κ2) is 5.21. The van der Waals surface area contributed by atoms with E-state index in [4.69, 9.17) is 0 Å². The fourth-order valence-corrected chi connectivity index (χ4v) is 1.84. The van der Waals surface area contributed by atoms with Gasteiger partial charge in [-0.2, -0.15) is 0 Å². The van der Waals surface area contributed by atoms with E-state index in [1.165, 1.54) is 5.69 Å². The standard InChI is InChI=1S/C14H27N3/c1-10(8-16-14(5,6)7)12(3)17-9-15-11(2)13(17)4/h9-10,12,16H,8H2,1-7H3. The molecule has 0 aliphatic carbocycles. The molecule has 0 saturated heterocycles. The van der Waals surface area contributed by atoms with Crippen LogP contribution in [0.2, 0.25) is 0 Å². The molecule has 1 aromatic rings. The zero-order valence-electron chi connectivity index (χ0n) is 12.3. The molecular weight excluding hydrogens is 210 g/mol. The molecule has 1 heterocycles. The van der Waals surface area contributed by atoms with Gasteiger partial charge in [0.05, 0.1) is 12.0 Å². The van der Waals surface area contributed by atoms with Crippen molar-refractivity contribution in [3.8, 4) is 0 Å². The summed E-state index contributed by atoms with van der Waals surface area (Å²) in [7, 11) is 0. The molecule has 0 aromatic carbocycles. The molecule has 0 fully saturated rings. The van der Waals surface area contributed by atoms with Crippen molar-refractivity contribution < 1.29 is 0 Å². The van der Waals surface area contributed by atoms with E-state index in [-0.39, 0.29) is 5.54 Å². The molecule has 3 heteroatoms. The van der Waals surface area contributed by atoms with Crippen LogP contribution in [0, 0.1) is 19.8 Å². The molecule has 0 radical (unpaired) electrons. The molecule has 17 heavy (non-hydrogen) atoms.